The predicted molar refractivity (Wildman–Crippen MR) is 85.5 cm³/mol. The monoisotopic (exact) mass is 282 g/mol. The number of ether oxygens (including phenoxy) is 1. The van der Waals surface area contributed by atoms with Crippen molar-refractivity contribution in [3.8, 4) is 17.0 Å². The van der Waals surface area contributed by atoms with Crippen LogP contribution in [0.15, 0.2) is 36.5 Å². The smallest absolute Gasteiger partial charge is 0.119 e. The van der Waals surface area contributed by atoms with E-state index in [4.69, 9.17) is 4.74 Å². The fraction of sp³-hybridized carbons (Fsp3) is 0.389. The van der Waals surface area contributed by atoms with E-state index in [-0.39, 0.29) is 0 Å². The molecule has 0 amide bonds. The summed E-state index contributed by atoms with van der Waals surface area (Å²) >= 11 is 0. The largest absolute Gasteiger partial charge is 0.497 e. The molecule has 2 heterocycles. The van der Waals surface area contributed by atoms with Gasteiger partial charge in [0.2, 0.25) is 0 Å². The van der Waals surface area contributed by atoms with E-state index in [1.54, 1.807) is 7.11 Å². The van der Waals surface area contributed by atoms with E-state index < -0.39 is 0 Å². The van der Waals surface area contributed by atoms with Gasteiger partial charge in [0, 0.05) is 18.3 Å². The molecule has 3 heteroatoms. The molecule has 110 valence electrons. The first-order valence-electron chi connectivity index (χ1n) is 7.58. The van der Waals surface area contributed by atoms with Crippen LogP contribution < -0.4 is 4.74 Å². The molecule has 0 saturated carbocycles. The molecule has 3 nitrogen and oxygen atoms in total. The van der Waals surface area contributed by atoms with E-state index in [1.807, 2.05) is 12.3 Å². The van der Waals surface area contributed by atoms with Crippen LogP contribution in [0.1, 0.15) is 24.0 Å². The van der Waals surface area contributed by atoms with Gasteiger partial charge < -0.3 is 4.74 Å². The van der Waals surface area contributed by atoms with Crippen LogP contribution in [0, 0.1) is 6.92 Å². The Labute approximate surface area is 126 Å². The summed E-state index contributed by atoms with van der Waals surface area (Å²) in [6.45, 7) is 5.56. The summed E-state index contributed by atoms with van der Waals surface area (Å²) in [5.41, 5.74) is 4.69. The molecule has 0 spiro atoms. The molecule has 0 aliphatic carbocycles. The van der Waals surface area contributed by atoms with Crippen molar-refractivity contribution in [3.63, 3.8) is 0 Å². The second kappa shape index (κ2) is 6.27. The van der Waals surface area contributed by atoms with Gasteiger partial charge in [0.05, 0.1) is 12.8 Å². The van der Waals surface area contributed by atoms with Crippen molar-refractivity contribution in [2.24, 2.45) is 0 Å². The van der Waals surface area contributed by atoms with Crippen LogP contribution in [0.3, 0.4) is 0 Å². The Kier molecular flexibility index (Phi) is 4.20. The minimum absolute atomic E-state index is 0.891. The normalized spacial score (nSPS) is 15.3. The van der Waals surface area contributed by atoms with Crippen molar-refractivity contribution in [2.75, 3.05) is 20.2 Å². The van der Waals surface area contributed by atoms with Crippen molar-refractivity contribution in [2.45, 2.75) is 26.3 Å². The van der Waals surface area contributed by atoms with Crippen LogP contribution >= 0.6 is 0 Å². The number of rotatable bonds is 4. The number of hydrogen-bond acceptors (Lipinski definition) is 3. The average molecular weight is 282 g/mol. The number of aromatic nitrogens is 1. The van der Waals surface area contributed by atoms with E-state index in [2.05, 4.69) is 41.1 Å². The highest BCUT2D eigenvalue weighted by Crippen LogP contribution is 2.25. The first-order chi connectivity index (χ1) is 10.3. The molecule has 2 aromatic rings. The number of benzene rings is 1. The van der Waals surface area contributed by atoms with Gasteiger partial charge in [-0.2, -0.15) is 0 Å². The van der Waals surface area contributed by atoms with Gasteiger partial charge in [-0.3, -0.25) is 9.88 Å². The van der Waals surface area contributed by atoms with E-state index in [0.29, 0.717) is 0 Å². The number of aryl methyl sites for hydroxylation is 1. The third kappa shape index (κ3) is 3.24. The van der Waals surface area contributed by atoms with Crippen molar-refractivity contribution >= 4 is 0 Å². The van der Waals surface area contributed by atoms with Crippen LogP contribution in [0.2, 0.25) is 0 Å². The lowest BCUT2D eigenvalue weighted by molar-refractivity contribution is 0.331. The predicted octanol–water partition coefficient (Wildman–Crippen LogP) is 3.66. The zero-order valence-corrected chi connectivity index (χ0v) is 12.8. The molecule has 1 aliphatic heterocycles. The van der Waals surface area contributed by atoms with Gasteiger partial charge in [0.25, 0.3) is 0 Å². The molecule has 0 atom stereocenters. The second-order valence-electron chi connectivity index (χ2n) is 5.72. The third-order valence-electron chi connectivity index (χ3n) is 4.14. The maximum atomic E-state index is 5.25. The summed E-state index contributed by atoms with van der Waals surface area (Å²) in [4.78, 5) is 7.14. The molecule has 21 heavy (non-hydrogen) atoms. The summed E-state index contributed by atoms with van der Waals surface area (Å²) in [5.74, 6) is 0.891. The van der Waals surface area contributed by atoms with Crippen LogP contribution in [-0.4, -0.2) is 30.1 Å². The van der Waals surface area contributed by atoms with Crippen LogP contribution in [0.4, 0.5) is 0 Å². The molecule has 1 fully saturated rings. The van der Waals surface area contributed by atoms with Crippen molar-refractivity contribution in [1.29, 1.82) is 0 Å². The fourth-order valence-corrected chi connectivity index (χ4v) is 2.93. The summed E-state index contributed by atoms with van der Waals surface area (Å²) in [6.07, 6.45) is 4.67. The van der Waals surface area contributed by atoms with Gasteiger partial charge in [-0.05, 0) is 68.2 Å². The molecule has 0 radical (unpaired) electrons. The fourth-order valence-electron chi connectivity index (χ4n) is 2.93. The van der Waals surface area contributed by atoms with Crippen LogP contribution in [0.5, 0.6) is 5.75 Å². The molecule has 1 saturated heterocycles. The first-order valence-corrected chi connectivity index (χ1v) is 7.58. The molecule has 0 N–H and O–H groups in total. The van der Waals surface area contributed by atoms with E-state index >= 15 is 0 Å². The Hall–Kier alpha value is -1.87. The van der Waals surface area contributed by atoms with Crippen molar-refractivity contribution in [1.82, 2.24) is 9.88 Å². The molecule has 0 unspecified atom stereocenters. The van der Waals surface area contributed by atoms with E-state index in [0.717, 1.165) is 18.0 Å². The van der Waals surface area contributed by atoms with Gasteiger partial charge in [0.15, 0.2) is 0 Å². The number of likely N-dealkylation sites (tertiary alicyclic amines) is 1. The number of methoxy groups -OCH3 is 1. The van der Waals surface area contributed by atoms with Crippen LogP contribution in [-0.2, 0) is 6.54 Å². The molecule has 0 bridgehead atoms. The zero-order valence-electron chi connectivity index (χ0n) is 12.8. The van der Waals surface area contributed by atoms with Crippen LogP contribution in [0.25, 0.3) is 11.3 Å². The quantitative estimate of drug-likeness (QED) is 0.855. The van der Waals surface area contributed by atoms with Gasteiger partial charge >= 0.3 is 0 Å². The van der Waals surface area contributed by atoms with E-state index in [1.165, 1.54) is 42.6 Å². The number of nitrogens with zero attached hydrogens (tertiary/aromatic N) is 2. The highest BCUT2D eigenvalue weighted by Gasteiger charge is 2.12. The highest BCUT2D eigenvalue weighted by atomic mass is 16.5. The summed E-state index contributed by atoms with van der Waals surface area (Å²) in [7, 11) is 1.69. The van der Waals surface area contributed by atoms with Gasteiger partial charge in [-0.15, -0.1) is 0 Å². The van der Waals surface area contributed by atoms with Crippen molar-refractivity contribution < 1.29 is 4.74 Å². The highest BCUT2D eigenvalue weighted by molar-refractivity contribution is 5.64. The Bertz CT molecular complexity index is 601. The Balaban J connectivity index is 1.77. The maximum absolute atomic E-state index is 5.25. The lowest BCUT2D eigenvalue weighted by Gasteiger charge is -2.14. The molecule has 1 aliphatic rings. The Morgan fingerprint density at radius 3 is 2.57 bits per heavy atom. The summed E-state index contributed by atoms with van der Waals surface area (Å²) in [6, 6.07) is 10.4. The van der Waals surface area contributed by atoms with Crippen molar-refractivity contribution in [3.05, 3.63) is 47.7 Å². The minimum Gasteiger partial charge on any atom is -0.497 e. The third-order valence-corrected chi connectivity index (χ3v) is 4.14. The van der Waals surface area contributed by atoms with E-state index in [9.17, 15) is 0 Å². The number of pyridine rings is 1. The van der Waals surface area contributed by atoms with Gasteiger partial charge in [-0.25, -0.2) is 0 Å². The molecular formula is C18H22N2O. The second-order valence-corrected chi connectivity index (χ2v) is 5.72. The maximum Gasteiger partial charge on any atom is 0.119 e. The van der Waals surface area contributed by atoms with Gasteiger partial charge in [0.1, 0.15) is 5.75 Å². The zero-order chi connectivity index (χ0) is 14.7. The standard InChI is InChI=1S/C18H22N2O/c1-14-11-16(21-2)6-7-17(14)18-8-5-15(12-19-18)13-20-9-3-4-10-20/h5-8,11-12H,3-4,9-10,13H2,1-2H3. The Morgan fingerprint density at radius 2 is 1.95 bits per heavy atom. The SMILES string of the molecule is COc1ccc(-c2ccc(CN3CCCC3)cn2)c(C)c1. The molecule has 3 rings (SSSR count). The Morgan fingerprint density at radius 1 is 1.14 bits per heavy atom. The average Bonchev–Trinajstić information content (AvgIpc) is 3.01. The summed E-state index contributed by atoms with van der Waals surface area (Å²) < 4.78 is 5.25. The first kappa shape index (κ1) is 14.1. The molecule has 1 aromatic heterocycles. The number of hydrogen-bond donors (Lipinski definition) is 0. The lowest BCUT2D eigenvalue weighted by atomic mass is 10.0. The minimum atomic E-state index is 0.891. The topological polar surface area (TPSA) is 25.4 Å². The van der Waals surface area contributed by atoms with Gasteiger partial charge in [-0.1, -0.05) is 6.07 Å². The molecular weight excluding hydrogens is 260 g/mol. The molecule has 1 aromatic carbocycles. The summed E-state index contributed by atoms with van der Waals surface area (Å²) in [5, 5.41) is 0. The lowest BCUT2D eigenvalue weighted by Crippen LogP contribution is -2.18.